The van der Waals surface area contributed by atoms with E-state index in [2.05, 4.69) is 10.3 Å². The van der Waals surface area contributed by atoms with Gasteiger partial charge in [-0.2, -0.15) is 0 Å². The summed E-state index contributed by atoms with van der Waals surface area (Å²) >= 11 is 0. The van der Waals surface area contributed by atoms with Crippen molar-refractivity contribution in [1.29, 1.82) is 0 Å². The van der Waals surface area contributed by atoms with Gasteiger partial charge in [0.2, 0.25) is 11.8 Å². The van der Waals surface area contributed by atoms with Gasteiger partial charge in [0.05, 0.1) is 0 Å². The van der Waals surface area contributed by atoms with Gasteiger partial charge in [-0.05, 0) is 18.1 Å². The number of fused-ring (bicyclic) bond motifs is 1. The van der Waals surface area contributed by atoms with Crippen LogP contribution in [0.4, 0.5) is 0 Å². The second-order valence-corrected chi connectivity index (χ2v) is 6.02. The van der Waals surface area contributed by atoms with Crippen LogP contribution in [0.5, 0.6) is 0 Å². The van der Waals surface area contributed by atoms with Crippen LogP contribution in [0, 0.1) is 0 Å². The molecule has 1 aromatic carbocycles. The maximum atomic E-state index is 12.5. The van der Waals surface area contributed by atoms with Crippen LogP contribution < -0.4 is 5.32 Å². The molecule has 2 atom stereocenters. The third kappa shape index (κ3) is 4.17. The summed E-state index contributed by atoms with van der Waals surface area (Å²) in [4.78, 5) is 40.0. The lowest BCUT2D eigenvalue weighted by molar-refractivity contribution is -0.143. The van der Waals surface area contributed by atoms with Gasteiger partial charge in [0.25, 0.3) is 0 Å². The Bertz CT molecular complexity index is 783. The lowest BCUT2D eigenvalue weighted by Crippen LogP contribution is -2.52. The molecule has 1 aromatic heterocycles. The summed E-state index contributed by atoms with van der Waals surface area (Å²) in [6.07, 6.45) is 2.32. The SMILES string of the molecule is CC[C@H](C(=O)N[C@H](Cc1c[nH]c2ccccc12)C(=O)O)N(C)C(C)=O. The zero-order valence-electron chi connectivity index (χ0n) is 14.6. The van der Waals surface area contributed by atoms with E-state index in [9.17, 15) is 19.5 Å². The van der Waals surface area contributed by atoms with E-state index in [1.54, 1.807) is 13.1 Å². The number of nitrogens with one attached hydrogen (secondary N) is 2. The normalized spacial score (nSPS) is 13.2. The molecule has 0 fully saturated rings. The number of para-hydroxylation sites is 1. The molecule has 1 heterocycles. The molecule has 0 saturated heterocycles. The van der Waals surface area contributed by atoms with E-state index in [0.29, 0.717) is 6.42 Å². The van der Waals surface area contributed by atoms with E-state index in [1.165, 1.54) is 18.9 Å². The van der Waals surface area contributed by atoms with Gasteiger partial charge in [0, 0.05) is 37.5 Å². The van der Waals surface area contributed by atoms with Crippen LogP contribution in [0.2, 0.25) is 0 Å². The highest BCUT2D eigenvalue weighted by Gasteiger charge is 2.28. The van der Waals surface area contributed by atoms with Crippen molar-refractivity contribution in [2.45, 2.75) is 38.8 Å². The lowest BCUT2D eigenvalue weighted by atomic mass is 10.0. The Labute approximate surface area is 146 Å². The Morgan fingerprint density at radius 3 is 2.56 bits per heavy atom. The van der Waals surface area contributed by atoms with Crippen LogP contribution in [0.25, 0.3) is 10.9 Å². The Morgan fingerprint density at radius 2 is 1.96 bits per heavy atom. The van der Waals surface area contributed by atoms with Gasteiger partial charge in [-0.1, -0.05) is 25.1 Å². The molecule has 7 nitrogen and oxygen atoms in total. The minimum absolute atomic E-state index is 0.158. The number of carboxylic acid groups (broad SMARTS) is 1. The van der Waals surface area contributed by atoms with Crippen LogP contribution in [0.15, 0.2) is 30.5 Å². The zero-order valence-corrected chi connectivity index (χ0v) is 14.6. The average molecular weight is 345 g/mol. The van der Waals surface area contributed by atoms with Crippen LogP contribution in [0.1, 0.15) is 25.8 Å². The predicted molar refractivity (Wildman–Crippen MR) is 94.1 cm³/mol. The number of benzene rings is 1. The first kappa shape index (κ1) is 18.5. The van der Waals surface area contributed by atoms with Crippen molar-refractivity contribution in [2.75, 3.05) is 7.05 Å². The van der Waals surface area contributed by atoms with E-state index in [4.69, 9.17) is 0 Å². The van der Waals surface area contributed by atoms with Crippen LogP contribution in [-0.2, 0) is 20.8 Å². The first-order valence-electron chi connectivity index (χ1n) is 8.16. The van der Waals surface area contributed by atoms with Crippen molar-refractivity contribution in [2.24, 2.45) is 0 Å². The Balaban J connectivity index is 2.17. The molecule has 0 saturated carbocycles. The van der Waals surface area contributed by atoms with Crippen molar-refractivity contribution in [3.05, 3.63) is 36.0 Å². The number of likely N-dealkylation sites (N-methyl/N-ethyl adjacent to an activating group) is 1. The standard InChI is InChI=1S/C18H23N3O4/c1-4-16(21(3)11(2)22)17(23)20-15(18(24)25)9-12-10-19-14-8-6-5-7-13(12)14/h5-8,10,15-16,19H,4,9H2,1-3H3,(H,20,23)(H,24,25)/t15-,16-/m1/s1. The minimum atomic E-state index is -1.11. The average Bonchev–Trinajstić information content (AvgIpc) is 2.97. The van der Waals surface area contributed by atoms with E-state index >= 15 is 0 Å². The Hall–Kier alpha value is -2.83. The van der Waals surface area contributed by atoms with Crippen LogP contribution >= 0.6 is 0 Å². The molecule has 25 heavy (non-hydrogen) atoms. The number of hydrogen-bond acceptors (Lipinski definition) is 3. The van der Waals surface area contributed by atoms with Gasteiger partial charge < -0.3 is 20.3 Å². The first-order valence-corrected chi connectivity index (χ1v) is 8.16. The number of aromatic amines is 1. The Kier molecular flexibility index (Phi) is 5.80. The van der Waals surface area contributed by atoms with Gasteiger partial charge in [0.15, 0.2) is 0 Å². The molecule has 2 aromatic rings. The molecule has 7 heteroatoms. The quantitative estimate of drug-likeness (QED) is 0.708. The number of amides is 2. The summed E-state index contributed by atoms with van der Waals surface area (Å²) in [6, 6.07) is 5.82. The van der Waals surface area contributed by atoms with Crippen molar-refractivity contribution in [1.82, 2.24) is 15.2 Å². The third-order valence-electron chi connectivity index (χ3n) is 4.37. The highest BCUT2D eigenvalue weighted by atomic mass is 16.4. The summed E-state index contributed by atoms with van der Waals surface area (Å²) in [6.45, 7) is 3.15. The number of carbonyl (C=O) groups is 3. The zero-order chi connectivity index (χ0) is 18.6. The fourth-order valence-corrected chi connectivity index (χ4v) is 2.84. The van der Waals surface area contributed by atoms with Crippen LogP contribution in [0.3, 0.4) is 0 Å². The molecule has 3 N–H and O–H groups in total. The topological polar surface area (TPSA) is 102 Å². The number of H-pyrrole nitrogens is 1. The number of carboxylic acids is 1. The van der Waals surface area contributed by atoms with E-state index in [-0.39, 0.29) is 12.3 Å². The molecular formula is C18H23N3O4. The molecule has 2 rings (SSSR count). The number of rotatable bonds is 7. The predicted octanol–water partition coefficient (Wildman–Crippen LogP) is 1.54. The number of aliphatic carboxylic acids is 1. The molecule has 0 bridgehead atoms. The smallest absolute Gasteiger partial charge is 0.326 e. The second kappa shape index (κ2) is 7.83. The molecule has 0 unspecified atom stereocenters. The minimum Gasteiger partial charge on any atom is -0.480 e. The molecular weight excluding hydrogens is 322 g/mol. The monoisotopic (exact) mass is 345 g/mol. The van der Waals surface area contributed by atoms with E-state index in [0.717, 1.165) is 16.5 Å². The summed E-state index contributed by atoms with van der Waals surface area (Å²) in [5.41, 5.74) is 1.73. The Morgan fingerprint density at radius 1 is 1.28 bits per heavy atom. The summed E-state index contributed by atoms with van der Waals surface area (Å²) < 4.78 is 0. The highest BCUT2D eigenvalue weighted by molar-refractivity contribution is 5.90. The van der Waals surface area contributed by atoms with Crippen molar-refractivity contribution in [3.8, 4) is 0 Å². The number of nitrogens with zero attached hydrogens (tertiary/aromatic N) is 1. The molecule has 0 radical (unpaired) electrons. The van der Waals surface area contributed by atoms with E-state index < -0.39 is 24.0 Å². The molecule has 134 valence electrons. The maximum Gasteiger partial charge on any atom is 0.326 e. The number of hydrogen-bond donors (Lipinski definition) is 3. The number of aromatic nitrogens is 1. The van der Waals surface area contributed by atoms with Gasteiger partial charge in [-0.3, -0.25) is 9.59 Å². The molecule has 0 aliphatic carbocycles. The van der Waals surface area contributed by atoms with Crippen molar-refractivity contribution < 1.29 is 19.5 Å². The van der Waals surface area contributed by atoms with Gasteiger partial charge >= 0.3 is 5.97 Å². The van der Waals surface area contributed by atoms with Crippen LogP contribution in [-0.4, -0.2) is 51.9 Å². The van der Waals surface area contributed by atoms with Gasteiger partial charge in [-0.25, -0.2) is 4.79 Å². The summed E-state index contributed by atoms with van der Waals surface area (Å²) in [5, 5.41) is 13.0. The van der Waals surface area contributed by atoms with Gasteiger partial charge in [0.1, 0.15) is 12.1 Å². The van der Waals surface area contributed by atoms with Crippen molar-refractivity contribution >= 4 is 28.7 Å². The second-order valence-electron chi connectivity index (χ2n) is 6.02. The number of carbonyl (C=O) groups excluding carboxylic acids is 2. The van der Waals surface area contributed by atoms with Crippen molar-refractivity contribution in [3.63, 3.8) is 0 Å². The molecule has 0 aliphatic rings. The lowest BCUT2D eigenvalue weighted by Gasteiger charge is -2.26. The van der Waals surface area contributed by atoms with Gasteiger partial charge in [-0.15, -0.1) is 0 Å². The fourth-order valence-electron chi connectivity index (χ4n) is 2.84. The highest BCUT2D eigenvalue weighted by Crippen LogP contribution is 2.19. The fraction of sp³-hybridized carbons (Fsp3) is 0.389. The first-order chi connectivity index (χ1) is 11.8. The third-order valence-corrected chi connectivity index (χ3v) is 4.37. The van der Waals surface area contributed by atoms with E-state index in [1.807, 2.05) is 24.3 Å². The molecule has 0 aliphatic heterocycles. The maximum absolute atomic E-state index is 12.5. The summed E-state index contributed by atoms with van der Waals surface area (Å²) in [7, 11) is 1.53. The summed E-state index contributed by atoms with van der Waals surface area (Å²) in [5.74, 6) is -1.82. The largest absolute Gasteiger partial charge is 0.480 e. The molecule has 2 amide bonds. The molecule has 0 spiro atoms.